The highest BCUT2D eigenvalue weighted by molar-refractivity contribution is 5.83. The molecule has 1 nitrogen and oxygen atoms in total. The Morgan fingerprint density at radius 1 is 1.29 bits per heavy atom. The van der Waals surface area contributed by atoms with Crippen molar-refractivity contribution >= 4 is 5.71 Å². The van der Waals surface area contributed by atoms with Crippen molar-refractivity contribution in [3.8, 4) is 0 Å². The highest BCUT2D eigenvalue weighted by Gasteiger charge is 2.11. The van der Waals surface area contributed by atoms with Crippen LogP contribution in [0.1, 0.15) is 66.7 Å². The summed E-state index contributed by atoms with van der Waals surface area (Å²) in [7, 11) is 0. The third kappa shape index (κ3) is 7.84. The third-order valence-corrected chi connectivity index (χ3v) is 3.73. The molecule has 1 rings (SSSR count). The molecule has 0 aliphatic heterocycles. The lowest BCUT2D eigenvalue weighted by Crippen LogP contribution is -2.08. The van der Waals surface area contributed by atoms with E-state index in [0.717, 1.165) is 37.8 Å². The second kappa shape index (κ2) is 8.17. The first-order valence-corrected chi connectivity index (χ1v) is 8.03. The molecule has 0 unspecified atom stereocenters. The Morgan fingerprint density at radius 3 is 2.62 bits per heavy atom. The van der Waals surface area contributed by atoms with Crippen LogP contribution in [0.3, 0.4) is 0 Å². The van der Waals surface area contributed by atoms with Crippen molar-refractivity contribution in [2.75, 3.05) is 0 Å². The van der Waals surface area contributed by atoms with Crippen LogP contribution in [0.2, 0.25) is 0 Å². The van der Waals surface area contributed by atoms with Gasteiger partial charge in [-0.3, -0.25) is 0 Å². The number of allylic oxidation sites excluding steroid dienone is 8. The molecule has 0 bridgehead atoms. The normalized spacial score (nSPS) is 16.3. The maximum atomic E-state index is 8.10. The Kier molecular flexibility index (Phi) is 6.87. The summed E-state index contributed by atoms with van der Waals surface area (Å²) in [6.07, 6.45) is 16.0. The number of hydrogen-bond acceptors (Lipinski definition) is 1. The third-order valence-electron chi connectivity index (χ3n) is 3.73. The van der Waals surface area contributed by atoms with E-state index in [1.807, 2.05) is 0 Å². The zero-order chi connectivity index (χ0) is 15.9. The van der Waals surface area contributed by atoms with E-state index >= 15 is 0 Å². The van der Waals surface area contributed by atoms with E-state index in [1.165, 1.54) is 16.7 Å². The molecule has 0 spiro atoms. The Morgan fingerprint density at radius 2 is 2.00 bits per heavy atom. The maximum Gasteiger partial charge on any atom is 0.0130 e. The Bertz CT molecular complexity index is 478. The minimum atomic E-state index is 0.327. The lowest BCUT2D eigenvalue weighted by molar-refractivity contribution is 0.385. The summed E-state index contributed by atoms with van der Waals surface area (Å²) >= 11 is 0. The van der Waals surface area contributed by atoms with Crippen molar-refractivity contribution in [1.29, 1.82) is 5.41 Å². The number of nitrogens with one attached hydrogen (secondary N) is 1. The summed E-state index contributed by atoms with van der Waals surface area (Å²) in [6.45, 7) is 10.9. The van der Waals surface area contributed by atoms with Gasteiger partial charge in [0.25, 0.3) is 0 Å². The average molecular weight is 285 g/mol. The Labute approximate surface area is 131 Å². The molecule has 1 heteroatoms. The lowest BCUT2D eigenvalue weighted by Gasteiger charge is -2.18. The van der Waals surface area contributed by atoms with E-state index in [9.17, 15) is 0 Å². The van der Waals surface area contributed by atoms with E-state index in [2.05, 4.69) is 65.0 Å². The highest BCUT2D eigenvalue weighted by Crippen LogP contribution is 2.24. The van der Waals surface area contributed by atoms with Gasteiger partial charge in [-0.05, 0) is 50.5 Å². The van der Waals surface area contributed by atoms with Gasteiger partial charge in [-0.2, -0.15) is 0 Å². The lowest BCUT2D eigenvalue weighted by atomic mass is 9.88. The van der Waals surface area contributed by atoms with Gasteiger partial charge < -0.3 is 5.41 Å². The first-order valence-electron chi connectivity index (χ1n) is 8.03. The van der Waals surface area contributed by atoms with Gasteiger partial charge in [-0.25, -0.2) is 0 Å². The van der Waals surface area contributed by atoms with Crippen LogP contribution < -0.4 is 0 Å². The van der Waals surface area contributed by atoms with Crippen LogP contribution in [0.25, 0.3) is 0 Å². The predicted molar refractivity (Wildman–Crippen MR) is 95.0 cm³/mol. The fourth-order valence-corrected chi connectivity index (χ4v) is 2.40. The SMILES string of the molecule is CC=CC1=CC=C(CC=C(C)CC(=N)CCC(C)(C)C)C1. The zero-order valence-electron chi connectivity index (χ0n) is 14.4. The molecule has 0 heterocycles. The quantitative estimate of drug-likeness (QED) is 0.414. The van der Waals surface area contributed by atoms with Gasteiger partial charge in [0.1, 0.15) is 0 Å². The molecule has 0 aromatic heterocycles. The molecule has 0 amide bonds. The molecule has 0 fully saturated rings. The summed E-state index contributed by atoms with van der Waals surface area (Å²) in [5.41, 5.74) is 5.40. The van der Waals surface area contributed by atoms with Crippen LogP contribution in [0.15, 0.2) is 47.1 Å². The summed E-state index contributed by atoms with van der Waals surface area (Å²) < 4.78 is 0. The molecule has 0 aromatic rings. The van der Waals surface area contributed by atoms with Gasteiger partial charge in [-0.1, -0.05) is 62.3 Å². The van der Waals surface area contributed by atoms with Gasteiger partial charge in [-0.15, -0.1) is 0 Å². The molecule has 0 saturated heterocycles. The van der Waals surface area contributed by atoms with E-state index in [0.29, 0.717) is 5.41 Å². The van der Waals surface area contributed by atoms with Gasteiger partial charge >= 0.3 is 0 Å². The van der Waals surface area contributed by atoms with Gasteiger partial charge in [0, 0.05) is 12.1 Å². The summed E-state index contributed by atoms with van der Waals surface area (Å²) in [5, 5.41) is 8.10. The first-order chi connectivity index (χ1) is 9.80. The van der Waals surface area contributed by atoms with Gasteiger partial charge in [0.15, 0.2) is 0 Å². The molecule has 1 aliphatic carbocycles. The first kappa shape index (κ1) is 17.7. The molecule has 0 radical (unpaired) electrons. The van der Waals surface area contributed by atoms with E-state index in [4.69, 9.17) is 5.41 Å². The van der Waals surface area contributed by atoms with Crippen molar-refractivity contribution in [1.82, 2.24) is 0 Å². The number of rotatable bonds is 7. The molecular weight excluding hydrogens is 254 g/mol. The highest BCUT2D eigenvalue weighted by atomic mass is 14.4. The van der Waals surface area contributed by atoms with Crippen LogP contribution in [0, 0.1) is 10.8 Å². The maximum absolute atomic E-state index is 8.10. The zero-order valence-corrected chi connectivity index (χ0v) is 14.4. The fraction of sp³-hybridized carbons (Fsp3) is 0.550. The molecule has 0 atom stereocenters. The molecule has 116 valence electrons. The summed E-state index contributed by atoms with van der Waals surface area (Å²) in [4.78, 5) is 0. The second-order valence-corrected chi connectivity index (χ2v) is 7.34. The Balaban J connectivity index is 2.33. The van der Waals surface area contributed by atoms with Crippen LogP contribution in [0.4, 0.5) is 0 Å². The van der Waals surface area contributed by atoms with E-state index in [-0.39, 0.29) is 0 Å². The molecular formula is C20H31N. The van der Waals surface area contributed by atoms with Gasteiger partial charge in [0.05, 0.1) is 0 Å². The van der Waals surface area contributed by atoms with Crippen LogP contribution in [0.5, 0.6) is 0 Å². The summed E-state index contributed by atoms with van der Waals surface area (Å²) in [6, 6.07) is 0. The van der Waals surface area contributed by atoms with Crippen LogP contribution >= 0.6 is 0 Å². The molecule has 0 aromatic carbocycles. The smallest absolute Gasteiger partial charge is 0.0130 e. The van der Waals surface area contributed by atoms with Crippen molar-refractivity contribution in [2.45, 2.75) is 66.7 Å². The second-order valence-electron chi connectivity index (χ2n) is 7.34. The van der Waals surface area contributed by atoms with Crippen LogP contribution in [-0.2, 0) is 0 Å². The largest absolute Gasteiger partial charge is 0.309 e. The molecule has 1 N–H and O–H groups in total. The van der Waals surface area contributed by atoms with Crippen molar-refractivity contribution in [2.24, 2.45) is 5.41 Å². The van der Waals surface area contributed by atoms with Gasteiger partial charge in [0.2, 0.25) is 0 Å². The van der Waals surface area contributed by atoms with Crippen molar-refractivity contribution < 1.29 is 0 Å². The molecule has 21 heavy (non-hydrogen) atoms. The molecule has 0 saturated carbocycles. The van der Waals surface area contributed by atoms with Crippen LogP contribution in [-0.4, -0.2) is 5.71 Å². The van der Waals surface area contributed by atoms with Crippen molar-refractivity contribution in [3.63, 3.8) is 0 Å². The van der Waals surface area contributed by atoms with E-state index in [1.54, 1.807) is 0 Å². The molecule has 1 aliphatic rings. The fourth-order valence-electron chi connectivity index (χ4n) is 2.40. The summed E-state index contributed by atoms with van der Waals surface area (Å²) in [5.74, 6) is 0. The average Bonchev–Trinajstić information content (AvgIpc) is 2.81. The predicted octanol–water partition coefficient (Wildman–Crippen LogP) is 6.39. The minimum absolute atomic E-state index is 0.327. The Hall–Kier alpha value is -1.37. The monoisotopic (exact) mass is 285 g/mol. The number of hydrogen-bond donors (Lipinski definition) is 1. The topological polar surface area (TPSA) is 23.9 Å². The minimum Gasteiger partial charge on any atom is -0.309 e. The standard InChI is InChI=1S/C20H31N/c1-6-7-17-10-11-18(15-17)9-8-16(2)14-19(21)12-13-20(3,4)5/h6-8,10-11,21H,9,12-15H2,1-5H3. The van der Waals surface area contributed by atoms with Crippen molar-refractivity contribution in [3.05, 3.63) is 47.1 Å². The van der Waals surface area contributed by atoms with E-state index < -0.39 is 0 Å².